The molecule has 2 aromatic rings. The van der Waals surface area contributed by atoms with E-state index in [2.05, 4.69) is 20.3 Å². The Hall–Kier alpha value is -2.25. The first kappa shape index (κ1) is 15.6. The fraction of sp³-hybridized carbons (Fsp3) is 0.438. The number of para-hydroxylation sites is 1. The van der Waals surface area contributed by atoms with E-state index in [4.69, 9.17) is 4.74 Å². The molecule has 1 N–H and O–H groups in total. The summed E-state index contributed by atoms with van der Waals surface area (Å²) in [6, 6.07) is 9.66. The molecule has 1 aliphatic heterocycles. The van der Waals surface area contributed by atoms with E-state index in [0.29, 0.717) is 12.4 Å². The normalized spacial score (nSPS) is 15.5. The van der Waals surface area contributed by atoms with E-state index in [1.807, 2.05) is 37.3 Å². The molecule has 122 valence electrons. The third-order valence-electron chi connectivity index (χ3n) is 3.79. The molecule has 7 nitrogen and oxygen atoms in total. The Morgan fingerprint density at radius 2 is 2.00 bits per heavy atom. The highest BCUT2D eigenvalue weighted by atomic mass is 16.5. The van der Waals surface area contributed by atoms with Gasteiger partial charge in [-0.2, -0.15) is 0 Å². The molecule has 1 aromatic carbocycles. The van der Waals surface area contributed by atoms with Gasteiger partial charge in [-0.15, -0.1) is 5.10 Å². The van der Waals surface area contributed by atoms with Crippen LogP contribution in [0, 0.1) is 6.92 Å². The van der Waals surface area contributed by atoms with Gasteiger partial charge in [0.05, 0.1) is 18.9 Å². The summed E-state index contributed by atoms with van der Waals surface area (Å²) in [6.07, 6.45) is 0. The van der Waals surface area contributed by atoms with Gasteiger partial charge in [-0.05, 0) is 19.1 Å². The third kappa shape index (κ3) is 3.94. The molecule has 7 heteroatoms. The molecule has 1 amide bonds. The highest BCUT2D eigenvalue weighted by Crippen LogP contribution is 2.08. The van der Waals surface area contributed by atoms with Gasteiger partial charge in [0.1, 0.15) is 5.82 Å². The van der Waals surface area contributed by atoms with Gasteiger partial charge < -0.3 is 10.1 Å². The molecule has 1 fully saturated rings. The number of hydrogen-bond acceptors (Lipinski definition) is 5. The van der Waals surface area contributed by atoms with E-state index in [9.17, 15) is 4.79 Å². The number of aromatic nitrogens is 3. The first-order valence-corrected chi connectivity index (χ1v) is 7.81. The number of aryl methyl sites for hydroxylation is 1. The lowest BCUT2D eigenvalue weighted by Crippen LogP contribution is -2.41. The Kier molecular flexibility index (Phi) is 4.99. The molecule has 1 aliphatic rings. The second-order valence-electron chi connectivity index (χ2n) is 5.44. The van der Waals surface area contributed by atoms with Crippen molar-refractivity contribution in [2.75, 3.05) is 39.4 Å². The van der Waals surface area contributed by atoms with Crippen LogP contribution in [0.1, 0.15) is 16.4 Å². The van der Waals surface area contributed by atoms with Crippen molar-refractivity contribution in [3.63, 3.8) is 0 Å². The van der Waals surface area contributed by atoms with Crippen LogP contribution >= 0.6 is 0 Å². The van der Waals surface area contributed by atoms with Crippen LogP contribution < -0.4 is 5.32 Å². The van der Waals surface area contributed by atoms with Crippen LogP contribution in [-0.2, 0) is 4.74 Å². The lowest BCUT2D eigenvalue weighted by molar-refractivity contribution is 0.0383. The molecule has 1 saturated heterocycles. The van der Waals surface area contributed by atoms with Crippen LogP contribution in [0.15, 0.2) is 30.3 Å². The minimum absolute atomic E-state index is 0.202. The van der Waals surface area contributed by atoms with Gasteiger partial charge in [-0.1, -0.05) is 18.2 Å². The molecule has 1 aromatic heterocycles. The van der Waals surface area contributed by atoms with Crippen LogP contribution in [0.3, 0.4) is 0 Å². The minimum atomic E-state index is -0.240. The zero-order chi connectivity index (χ0) is 16.1. The van der Waals surface area contributed by atoms with E-state index in [0.717, 1.165) is 38.5 Å². The van der Waals surface area contributed by atoms with Crippen LogP contribution in [-0.4, -0.2) is 65.0 Å². The summed E-state index contributed by atoms with van der Waals surface area (Å²) in [5.41, 5.74) is 0.893. The smallest absolute Gasteiger partial charge is 0.291 e. The van der Waals surface area contributed by atoms with E-state index >= 15 is 0 Å². The first-order chi connectivity index (χ1) is 11.2. The quantitative estimate of drug-likeness (QED) is 0.876. The summed E-state index contributed by atoms with van der Waals surface area (Å²) in [5, 5.41) is 7.18. The van der Waals surface area contributed by atoms with Crippen LogP contribution in [0.2, 0.25) is 0 Å². The SMILES string of the molecule is Cc1nc(C(=O)NCCN2CCOCC2)nn1-c1ccccc1. The van der Waals surface area contributed by atoms with E-state index in [1.165, 1.54) is 0 Å². The van der Waals surface area contributed by atoms with E-state index < -0.39 is 0 Å². The van der Waals surface area contributed by atoms with Crippen molar-refractivity contribution in [1.82, 2.24) is 25.0 Å². The summed E-state index contributed by atoms with van der Waals surface area (Å²) >= 11 is 0. The van der Waals surface area contributed by atoms with Gasteiger partial charge in [-0.3, -0.25) is 9.69 Å². The van der Waals surface area contributed by atoms with Crippen LogP contribution in [0.5, 0.6) is 0 Å². The van der Waals surface area contributed by atoms with Crippen molar-refractivity contribution in [2.45, 2.75) is 6.92 Å². The number of rotatable bonds is 5. The summed E-state index contributed by atoms with van der Waals surface area (Å²) in [4.78, 5) is 18.7. The van der Waals surface area contributed by atoms with Gasteiger partial charge in [-0.25, -0.2) is 9.67 Å². The van der Waals surface area contributed by atoms with Crippen LogP contribution in [0.4, 0.5) is 0 Å². The van der Waals surface area contributed by atoms with Crippen LogP contribution in [0.25, 0.3) is 5.69 Å². The highest BCUT2D eigenvalue weighted by Gasteiger charge is 2.16. The van der Waals surface area contributed by atoms with E-state index in [-0.39, 0.29) is 11.7 Å². The predicted octanol–water partition coefficient (Wildman–Crippen LogP) is 0.638. The molecule has 0 saturated carbocycles. The summed E-state index contributed by atoms with van der Waals surface area (Å²) in [7, 11) is 0. The number of hydrogen-bond donors (Lipinski definition) is 1. The van der Waals surface area contributed by atoms with Gasteiger partial charge in [0.15, 0.2) is 0 Å². The molecule has 0 unspecified atom stereocenters. The Morgan fingerprint density at radius 3 is 2.74 bits per heavy atom. The average Bonchev–Trinajstić information content (AvgIpc) is 2.98. The number of benzene rings is 1. The minimum Gasteiger partial charge on any atom is -0.379 e. The number of carbonyl (C=O) groups excluding carboxylic acids is 1. The van der Waals surface area contributed by atoms with Crippen molar-refractivity contribution in [2.24, 2.45) is 0 Å². The fourth-order valence-corrected chi connectivity index (χ4v) is 2.53. The lowest BCUT2D eigenvalue weighted by Gasteiger charge is -2.26. The monoisotopic (exact) mass is 315 g/mol. The molecule has 0 bridgehead atoms. The molecule has 0 spiro atoms. The predicted molar refractivity (Wildman–Crippen MR) is 85.7 cm³/mol. The lowest BCUT2D eigenvalue weighted by atomic mass is 10.3. The molecular formula is C16H21N5O2. The maximum Gasteiger partial charge on any atom is 0.291 e. The maximum absolute atomic E-state index is 12.2. The molecule has 3 rings (SSSR count). The van der Waals surface area contributed by atoms with Gasteiger partial charge in [0.25, 0.3) is 5.91 Å². The number of ether oxygens (including phenoxy) is 1. The Labute approximate surface area is 135 Å². The molecule has 2 heterocycles. The molecule has 23 heavy (non-hydrogen) atoms. The highest BCUT2D eigenvalue weighted by molar-refractivity contribution is 5.90. The van der Waals surface area contributed by atoms with Gasteiger partial charge in [0.2, 0.25) is 5.82 Å². The Morgan fingerprint density at radius 1 is 1.26 bits per heavy atom. The zero-order valence-electron chi connectivity index (χ0n) is 13.2. The number of carbonyl (C=O) groups is 1. The number of nitrogens with zero attached hydrogens (tertiary/aromatic N) is 4. The van der Waals surface area contributed by atoms with E-state index in [1.54, 1.807) is 4.68 Å². The summed E-state index contributed by atoms with van der Waals surface area (Å²) < 4.78 is 6.98. The zero-order valence-corrected chi connectivity index (χ0v) is 13.2. The summed E-state index contributed by atoms with van der Waals surface area (Å²) in [6.45, 7) is 6.58. The van der Waals surface area contributed by atoms with Gasteiger partial charge >= 0.3 is 0 Å². The number of morpholine rings is 1. The molecule has 0 radical (unpaired) electrons. The first-order valence-electron chi connectivity index (χ1n) is 7.81. The van der Waals surface area contributed by atoms with Crippen molar-refractivity contribution < 1.29 is 9.53 Å². The van der Waals surface area contributed by atoms with Crippen molar-refractivity contribution in [3.05, 3.63) is 42.0 Å². The Balaban J connectivity index is 1.57. The molecular weight excluding hydrogens is 294 g/mol. The average molecular weight is 315 g/mol. The largest absolute Gasteiger partial charge is 0.379 e. The van der Waals surface area contributed by atoms with Crippen molar-refractivity contribution >= 4 is 5.91 Å². The third-order valence-corrected chi connectivity index (χ3v) is 3.79. The second-order valence-corrected chi connectivity index (χ2v) is 5.44. The second kappa shape index (κ2) is 7.34. The standard InChI is InChI=1S/C16H21N5O2/c1-13-18-15(19-21(13)14-5-3-2-4-6-14)16(22)17-7-8-20-9-11-23-12-10-20/h2-6H,7-12H2,1H3,(H,17,22). The maximum atomic E-state index is 12.2. The van der Waals surface area contributed by atoms with Crippen molar-refractivity contribution in [3.8, 4) is 5.69 Å². The topological polar surface area (TPSA) is 72.3 Å². The Bertz CT molecular complexity index is 650. The molecule has 0 atom stereocenters. The van der Waals surface area contributed by atoms with Crippen molar-refractivity contribution in [1.29, 1.82) is 0 Å². The summed E-state index contributed by atoms with van der Waals surface area (Å²) in [5.74, 6) is 0.652. The number of amides is 1. The van der Waals surface area contributed by atoms with Gasteiger partial charge in [0, 0.05) is 26.2 Å². The number of nitrogens with one attached hydrogen (secondary N) is 1. The fourth-order valence-electron chi connectivity index (χ4n) is 2.53. The molecule has 0 aliphatic carbocycles.